The molecule has 2 aliphatic rings. The van der Waals surface area contributed by atoms with Crippen LogP contribution in [0.25, 0.3) is 0 Å². The number of hydrogen-bond acceptors (Lipinski definition) is 0. The first-order chi connectivity index (χ1) is 10.9. The van der Waals surface area contributed by atoms with Gasteiger partial charge in [-0.15, -0.1) is 0 Å². The molecule has 0 bridgehead atoms. The first-order valence-electron chi connectivity index (χ1n) is 10.1. The smallest absolute Gasteiger partial charge is 0.0225 e. The Morgan fingerprint density at radius 2 is 1.05 bits per heavy atom. The van der Waals surface area contributed by atoms with Crippen molar-refractivity contribution in [2.24, 2.45) is 0 Å². The van der Waals surface area contributed by atoms with Crippen LogP contribution in [0.2, 0.25) is 0 Å². The van der Waals surface area contributed by atoms with Crippen LogP contribution in [0.3, 0.4) is 0 Å². The molecule has 1 aliphatic heterocycles. The van der Waals surface area contributed by atoms with Crippen LogP contribution in [0.1, 0.15) is 99.6 Å². The summed E-state index contributed by atoms with van der Waals surface area (Å²) in [5, 5.41) is 0. The summed E-state index contributed by atoms with van der Waals surface area (Å²) in [6.07, 6.45) is 21.3. The van der Waals surface area contributed by atoms with Crippen LogP contribution in [0.4, 0.5) is 0 Å². The van der Waals surface area contributed by atoms with Crippen molar-refractivity contribution in [1.82, 2.24) is 4.57 Å². The summed E-state index contributed by atoms with van der Waals surface area (Å²) in [6, 6.07) is 0. The topological polar surface area (TPSA) is 4.93 Å². The van der Waals surface area contributed by atoms with Gasteiger partial charge in [-0.05, 0) is 63.0 Å². The lowest BCUT2D eigenvalue weighted by Gasteiger charge is -2.17. The van der Waals surface area contributed by atoms with Gasteiger partial charge in [-0.2, -0.15) is 0 Å². The maximum Gasteiger partial charge on any atom is 0.0225 e. The van der Waals surface area contributed by atoms with E-state index < -0.39 is 0 Å². The van der Waals surface area contributed by atoms with Crippen LogP contribution in [0.15, 0.2) is 0 Å². The predicted octanol–water partition coefficient (Wildman–Crippen LogP) is 6.13. The second kappa shape index (κ2) is 8.22. The van der Waals surface area contributed by atoms with Gasteiger partial charge in [-0.1, -0.05) is 51.4 Å². The first kappa shape index (κ1) is 16.1. The van der Waals surface area contributed by atoms with E-state index >= 15 is 0 Å². The fourth-order valence-corrected chi connectivity index (χ4v) is 4.70. The Hall–Kier alpha value is -0.720. The van der Waals surface area contributed by atoms with Crippen LogP contribution < -0.4 is 0 Å². The minimum atomic E-state index is 1.30. The number of hydrogen-bond donors (Lipinski definition) is 0. The quantitative estimate of drug-likeness (QED) is 0.543. The van der Waals surface area contributed by atoms with E-state index in [4.69, 9.17) is 0 Å². The summed E-state index contributed by atoms with van der Waals surface area (Å²) in [4.78, 5) is 0. The van der Waals surface area contributed by atoms with Crippen molar-refractivity contribution in [3.05, 3.63) is 22.5 Å². The molecule has 0 aromatic carbocycles. The summed E-state index contributed by atoms with van der Waals surface area (Å²) >= 11 is 0. The third-order valence-electron chi connectivity index (χ3n) is 6.02. The number of fused-ring (bicyclic) bond motifs is 3. The number of nitrogens with zero attached hydrogens (tertiary/aromatic N) is 1. The summed E-state index contributed by atoms with van der Waals surface area (Å²) in [6.45, 7) is 3.73. The van der Waals surface area contributed by atoms with E-state index in [0.29, 0.717) is 0 Å². The van der Waals surface area contributed by atoms with E-state index in [1.165, 1.54) is 103 Å². The molecule has 0 saturated heterocycles. The van der Waals surface area contributed by atoms with Crippen molar-refractivity contribution in [3.8, 4) is 0 Å². The zero-order valence-corrected chi connectivity index (χ0v) is 14.8. The molecule has 0 saturated carbocycles. The molecule has 1 aromatic rings. The van der Waals surface area contributed by atoms with Gasteiger partial charge in [0.15, 0.2) is 0 Å². The van der Waals surface area contributed by atoms with E-state index in [-0.39, 0.29) is 0 Å². The third-order valence-corrected chi connectivity index (χ3v) is 6.02. The molecule has 1 aliphatic carbocycles. The molecule has 0 N–H and O–H groups in total. The Kier molecular flexibility index (Phi) is 6.04. The lowest BCUT2D eigenvalue weighted by Crippen LogP contribution is -2.10. The molecular weight excluding hydrogens is 266 g/mol. The van der Waals surface area contributed by atoms with Crippen molar-refractivity contribution in [1.29, 1.82) is 0 Å². The normalized spacial score (nSPS) is 21.7. The highest BCUT2D eigenvalue weighted by molar-refractivity contribution is 5.38. The minimum absolute atomic E-state index is 1.30. The van der Waals surface area contributed by atoms with Gasteiger partial charge in [0.05, 0.1) is 0 Å². The molecule has 0 spiro atoms. The molecule has 1 heteroatoms. The average molecular weight is 302 g/mol. The summed E-state index contributed by atoms with van der Waals surface area (Å²) in [5.74, 6) is 0. The second-order valence-corrected chi connectivity index (χ2v) is 7.64. The molecule has 3 rings (SSSR count). The van der Waals surface area contributed by atoms with Crippen LogP contribution in [0.5, 0.6) is 0 Å². The summed E-state index contributed by atoms with van der Waals surface area (Å²) < 4.78 is 2.79. The van der Waals surface area contributed by atoms with E-state index in [1.54, 1.807) is 22.5 Å². The zero-order chi connectivity index (χ0) is 15.2. The van der Waals surface area contributed by atoms with Crippen molar-refractivity contribution in [2.45, 2.75) is 110 Å². The number of rotatable bonds is 0. The van der Waals surface area contributed by atoms with E-state index in [0.717, 1.165) is 0 Å². The van der Waals surface area contributed by atoms with E-state index in [9.17, 15) is 0 Å². The van der Waals surface area contributed by atoms with Crippen LogP contribution in [0, 0.1) is 6.92 Å². The molecule has 0 unspecified atom stereocenters. The Bertz CT molecular complexity index is 427. The molecule has 124 valence electrons. The molecular formula is C21H35N. The lowest BCUT2D eigenvalue weighted by molar-refractivity contribution is 0.500. The summed E-state index contributed by atoms with van der Waals surface area (Å²) in [5.41, 5.74) is 6.90. The highest BCUT2D eigenvalue weighted by Crippen LogP contribution is 2.30. The largest absolute Gasteiger partial charge is 0.348 e. The van der Waals surface area contributed by atoms with Crippen molar-refractivity contribution in [2.75, 3.05) is 0 Å². The first-order valence-corrected chi connectivity index (χ1v) is 10.1. The SMILES string of the molecule is Cc1c2c(n3c1CCCCCCCC3)CCCCCCCC2. The Morgan fingerprint density at radius 1 is 0.545 bits per heavy atom. The molecule has 1 nitrogen and oxygen atoms in total. The van der Waals surface area contributed by atoms with Gasteiger partial charge >= 0.3 is 0 Å². The molecule has 0 radical (unpaired) electrons. The molecule has 0 amide bonds. The third kappa shape index (κ3) is 3.78. The standard InChI is InChI=1S/C21H35N/c1-18-19-14-10-6-2-3-8-12-16-21(19)22-17-13-9-5-4-7-11-15-20(18)22/h2-17H2,1H3. The average Bonchev–Trinajstić information content (AvgIpc) is 2.80. The molecule has 22 heavy (non-hydrogen) atoms. The second-order valence-electron chi connectivity index (χ2n) is 7.64. The molecule has 2 heterocycles. The fraction of sp³-hybridized carbons (Fsp3) is 0.810. The van der Waals surface area contributed by atoms with E-state index in [2.05, 4.69) is 11.5 Å². The minimum Gasteiger partial charge on any atom is -0.348 e. The number of aromatic nitrogens is 1. The Labute approximate surface area is 137 Å². The van der Waals surface area contributed by atoms with Gasteiger partial charge in [0, 0.05) is 17.9 Å². The predicted molar refractivity (Wildman–Crippen MR) is 95.7 cm³/mol. The zero-order valence-electron chi connectivity index (χ0n) is 14.8. The Balaban J connectivity index is 1.91. The van der Waals surface area contributed by atoms with E-state index in [1.807, 2.05) is 0 Å². The van der Waals surface area contributed by atoms with Gasteiger partial charge in [-0.25, -0.2) is 0 Å². The Morgan fingerprint density at radius 3 is 1.73 bits per heavy atom. The van der Waals surface area contributed by atoms with Gasteiger partial charge < -0.3 is 4.57 Å². The summed E-state index contributed by atoms with van der Waals surface area (Å²) in [7, 11) is 0. The molecule has 1 aromatic heterocycles. The van der Waals surface area contributed by atoms with Crippen molar-refractivity contribution in [3.63, 3.8) is 0 Å². The maximum absolute atomic E-state index is 2.79. The van der Waals surface area contributed by atoms with Gasteiger partial charge in [-0.3, -0.25) is 0 Å². The highest BCUT2D eigenvalue weighted by Gasteiger charge is 2.20. The van der Waals surface area contributed by atoms with Crippen molar-refractivity contribution < 1.29 is 0 Å². The fourth-order valence-electron chi connectivity index (χ4n) is 4.70. The van der Waals surface area contributed by atoms with Gasteiger partial charge in [0.1, 0.15) is 0 Å². The van der Waals surface area contributed by atoms with Crippen LogP contribution in [-0.4, -0.2) is 4.57 Å². The maximum atomic E-state index is 2.79. The lowest BCUT2D eigenvalue weighted by atomic mass is 9.96. The van der Waals surface area contributed by atoms with Gasteiger partial charge in [0.2, 0.25) is 0 Å². The molecule has 0 fully saturated rings. The van der Waals surface area contributed by atoms with Crippen LogP contribution in [-0.2, 0) is 25.8 Å². The monoisotopic (exact) mass is 301 g/mol. The highest BCUT2D eigenvalue weighted by atomic mass is 15.0. The molecule has 0 atom stereocenters. The van der Waals surface area contributed by atoms with Gasteiger partial charge in [0.25, 0.3) is 0 Å². The van der Waals surface area contributed by atoms with Crippen LogP contribution >= 0.6 is 0 Å². The van der Waals surface area contributed by atoms with Crippen molar-refractivity contribution >= 4 is 0 Å².